The molecule has 0 rings (SSSR count). The smallest absolute Gasteiger partial charge is 0.305 e. The average Bonchev–Trinajstić information content (AvgIpc) is 3.24. The van der Waals surface area contributed by atoms with Crippen LogP contribution in [0.4, 0.5) is 0 Å². The van der Waals surface area contributed by atoms with Crippen molar-refractivity contribution in [3.8, 4) is 0 Å². The molecule has 0 aliphatic heterocycles. The van der Waals surface area contributed by atoms with E-state index in [1.54, 1.807) is 0 Å². The molecule has 0 saturated heterocycles. The van der Waals surface area contributed by atoms with E-state index >= 15 is 0 Å². The number of unbranched alkanes of at least 4 members (excludes halogenated alkanes) is 39. The lowest BCUT2D eigenvalue weighted by Crippen LogP contribution is -2.45. The summed E-state index contributed by atoms with van der Waals surface area (Å²) >= 11 is 0. The van der Waals surface area contributed by atoms with Crippen LogP contribution < -0.4 is 5.32 Å². The Morgan fingerprint density at radius 1 is 0.407 bits per heavy atom. The van der Waals surface area contributed by atoms with E-state index in [1.165, 1.54) is 225 Å². The van der Waals surface area contributed by atoms with E-state index in [-0.39, 0.29) is 18.5 Å². The van der Waals surface area contributed by atoms with Crippen molar-refractivity contribution in [2.24, 2.45) is 0 Å². The van der Waals surface area contributed by atoms with Gasteiger partial charge in [-0.05, 0) is 25.7 Å². The Bertz CT molecular complexity index is 837. The first kappa shape index (κ1) is 57.9. The summed E-state index contributed by atoms with van der Waals surface area (Å²) in [7, 11) is 0. The summed E-state index contributed by atoms with van der Waals surface area (Å²) < 4.78 is 5.46. The molecule has 6 heteroatoms. The molecule has 0 aromatic rings. The van der Waals surface area contributed by atoms with Gasteiger partial charge in [0.1, 0.15) is 0 Å². The van der Waals surface area contributed by atoms with Crippen LogP contribution in [-0.2, 0) is 14.3 Å². The van der Waals surface area contributed by atoms with Gasteiger partial charge >= 0.3 is 5.97 Å². The third kappa shape index (κ3) is 46.2. The van der Waals surface area contributed by atoms with E-state index in [0.717, 1.165) is 44.9 Å². The number of amides is 1. The number of hydrogen-bond acceptors (Lipinski definition) is 5. The van der Waals surface area contributed by atoms with Crippen molar-refractivity contribution in [2.45, 2.75) is 315 Å². The van der Waals surface area contributed by atoms with Crippen LogP contribution in [0.2, 0.25) is 0 Å². The van der Waals surface area contributed by atoms with Gasteiger partial charge in [-0.2, -0.15) is 0 Å². The first-order chi connectivity index (χ1) is 29.0. The van der Waals surface area contributed by atoms with Gasteiger partial charge in [0.15, 0.2) is 0 Å². The van der Waals surface area contributed by atoms with Crippen molar-refractivity contribution < 1.29 is 24.5 Å². The Kier molecular flexibility index (Phi) is 48.6. The predicted octanol–water partition coefficient (Wildman–Crippen LogP) is 16.0. The van der Waals surface area contributed by atoms with Crippen LogP contribution in [0.5, 0.6) is 0 Å². The van der Waals surface area contributed by atoms with Crippen molar-refractivity contribution in [1.29, 1.82) is 0 Å². The molecule has 1 amide bonds. The number of hydrogen-bond donors (Lipinski definition) is 3. The zero-order valence-corrected chi connectivity index (χ0v) is 40.0. The van der Waals surface area contributed by atoms with Gasteiger partial charge in [0, 0.05) is 12.8 Å². The summed E-state index contributed by atoms with van der Waals surface area (Å²) in [5, 5.41) is 23.2. The van der Waals surface area contributed by atoms with Gasteiger partial charge in [-0.3, -0.25) is 9.59 Å². The largest absolute Gasteiger partial charge is 0.466 e. The quantitative estimate of drug-likeness (QED) is 0.0419. The van der Waals surface area contributed by atoms with Gasteiger partial charge in [-0.1, -0.05) is 264 Å². The summed E-state index contributed by atoms with van der Waals surface area (Å²) in [6.07, 6.45) is 55.0. The zero-order chi connectivity index (χ0) is 43.0. The average molecular weight is 836 g/mol. The SMILES string of the molecule is CCCCCCCCCCCCCCCCC(O)C(CO)NC(=O)CCCCCCCCCCCCCCCCCOC(=O)CCCCCCCCCCCCCCC. The minimum absolute atomic E-state index is 0.00286. The highest BCUT2D eigenvalue weighted by atomic mass is 16.5. The van der Waals surface area contributed by atoms with Gasteiger partial charge in [0.05, 0.1) is 25.4 Å². The Hall–Kier alpha value is -1.14. The number of ether oxygens (including phenoxy) is 1. The van der Waals surface area contributed by atoms with Crippen LogP contribution in [0.15, 0.2) is 0 Å². The van der Waals surface area contributed by atoms with Crippen molar-refractivity contribution in [3.63, 3.8) is 0 Å². The number of nitrogens with one attached hydrogen (secondary N) is 1. The first-order valence-corrected chi connectivity index (χ1v) is 26.8. The fourth-order valence-corrected chi connectivity index (χ4v) is 8.52. The summed E-state index contributed by atoms with van der Waals surface area (Å²) in [5.74, 6) is -0.0387. The number of carbonyl (C=O) groups excluding carboxylic acids is 2. The summed E-state index contributed by atoms with van der Waals surface area (Å²) in [4.78, 5) is 24.5. The highest BCUT2D eigenvalue weighted by Crippen LogP contribution is 2.17. The van der Waals surface area contributed by atoms with E-state index in [0.29, 0.717) is 25.9 Å². The van der Waals surface area contributed by atoms with Crippen LogP contribution >= 0.6 is 0 Å². The van der Waals surface area contributed by atoms with Crippen LogP contribution in [0.3, 0.4) is 0 Å². The number of aliphatic hydroxyl groups excluding tert-OH is 2. The van der Waals surface area contributed by atoms with Crippen LogP contribution in [-0.4, -0.2) is 47.4 Å². The molecule has 59 heavy (non-hydrogen) atoms. The van der Waals surface area contributed by atoms with Crippen molar-refractivity contribution in [1.82, 2.24) is 5.32 Å². The topological polar surface area (TPSA) is 95.9 Å². The van der Waals surface area contributed by atoms with Gasteiger partial charge < -0.3 is 20.3 Å². The molecular formula is C53H105NO5. The molecule has 0 spiro atoms. The van der Waals surface area contributed by atoms with E-state index in [9.17, 15) is 19.8 Å². The van der Waals surface area contributed by atoms with Gasteiger partial charge in [0.2, 0.25) is 5.91 Å². The van der Waals surface area contributed by atoms with E-state index in [1.807, 2.05) is 0 Å². The van der Waals surface area contributed by atoms with E-state index in [4.69, 9.17) is 4.74 Å². The van der Waals surface area contributed by atoms with E-state index < -0.39 is 12.1 Å². The molecule has 6 nitrogen and oxygen atoms in total. The normalized spacial score (nSPS) is 12.5. The molecule has 2 unspecified atom stereocenters. The molecule has 0 bridgehead atoms. The number of rotatable bonds is 50. The van der Waals surface area contributed by atoms with Gasteiger partial charge in [0.25, 0.3) is 0 Å². The van der Waals surface area contributed by atoms with Crippen LogP contribution in [0.1, 0.15) is 303 Å². The number of aliphatic hydroxyl groups is 2. The van der Waals surface area contributed by atoms with Crippen molar-refractivity contribution >= 4 is 11.9 Å². The second-order valence-electron chi connectivity index (χ2n) is 18.6. The molecule has 0 radical (unpaired) electrons. The fourth-order valence-electron chi connectivity index (χ4n) is 8.52. The van der Waals surface area contributed by atoms with Crippen molar-refractivity contribution in [3.05, 3.63) is 0 Å². The molecule has 0 aromatic heterocycles. The first-order valence-electron chi connectivity index (χ1n) is 26.8. The van der Waals surface area contributed by atoms with Gasteiger partial charge in [-0.15, -0.1) is 0 Å². The number of esters is 1. The summed E-state index contributed by atoms with van der Waals surface area (Å²) in [5.41, 5.74) is 0. The fraction of sp³-hybridized carbons (Fsp3) is 0.962. The molecule has 0 aromatic carbocycles. The zero-order valence-electron chi connectivity index (χ0n) is 40.0. The number of carbonyl (C=O) groups is 2. The lowest BCUT2D eigenvalue weighted by atomic mass is 10.0. The molecule has 0 aliphatic rings. The third-order valence-electron chi connectivity index (χ3n) is 12.7. The minimum atomic E-state index is -0.668. The van der Waals surface area contributed by atoms with E-state index in [2.05, 4.69) is 19.2 Å². The molecule has 0 saturated carbocycles. The molecule has 3 N–H and O–H groups in total. The standard InChI is InChI=1S/C53H105NO5/c1-3-5-7-9-11-13-15-17-22-25-29-33-37-41-45-51(56)50(49-55)54-52(57)46-42-38-34-30-26-23-19-18-20-24-28-32-36-40-44-48-59-53(58)47-43-39-35-31-27-21-16-14-12-10-8-6-4-2/h50-51,55-56H,3-49H2,1-2H3,(H,54,57). The van der Waals surface area contributed by atoms with Crippen LogP contribution in [0, 0.1) is 0 Å². The Morgan fingerprint density at radius 3 is 1.03 bits per heavy atom. The minimum Gasteiger partial charge on any atom is -0.466 e. The summed E-state index contributed by atoms with van der Waals surface area (Å²) in [6.45, 7) is 4.95. The Morgan fingerprint density at radius 2 is 0.695 bits per heavy atom. The van der Waals surface area contributed by atoms with Crippen LogP contribution in [0.25, 0.3) is 0 Å². The lowest BCUT2D eigenvalue weighted by Gasteiger charge is -2.22. The van der Waals surface area contributed by atoms with Gasteiger partial charge in [-0.25, -0.2) is 0 Å². The molecule has 352 valence electrons. The maximum atomic E-state index is 12.4. The molecule has 0 fully saturated rings. The maximum absolute atomic E-state index is 12.4. The molecular weight excluding hydrogens is 731 g/mol. The summed E-state index contributed by atoms with van der Waals surface area (Å²) in [6, 6.07) is -0.545. The monoisotopic (exact) mass is 836 g/mol. The molecule has 2 atom stereocenters. The maximum Gasteiger partial charge on any atom is 0.305 e. The highest BCUT2D eigenvalue weighted by molar-refractivity contribution is 5.76. The third-order valence-corrected chi connectivity index (χ3v) is 12.7. The second-order valence-corrected chi connectivity index (χ2v) is 18.6. The molecule has 0 aliphatic carbocycles. The second kappa shape index (κ2) is 49.5. The Balaban J connectivity index is 3.41. The highest BCUT2D eigenvalue weighted by Gasteiger charge is 2.20. The Labute approximate surface area is 368 Å². The predicted molar refractivity (Wildman–Crippen MR) is 255 cm³/mol. The lowest BCUT2D eigenvalue weighted by molar-refractivity contribution is -0.143. The van der Waals surface area contributed by atoms with Crippen molar-refractivity contribution in [2.75, 3.05) is 13.2 Å². The molecule has 0 heterocycles.